The van der Waals surface area contributed by atoms with Crippen LogP contribution < -0.4 is 14.2 Å². The van der Waals surface area contributed by atoms with Crippen molar-refractivity contribution in [2.75, 3.05) is 19.8 Å². The van der Waals surface area contributed by atoms with Crippen molar-refractivity contribution in [1.29, 1.82) is 0 Å². The predicted octanol–water partition coefficient (Wildman–Crippen LogP) is 6.08. The maximum Gasteiger partial charge on any atom is 0.419 e. The molecule has 158 valence electrons. The monoisotopic (exact) mass is 470 g/mol. The van der Waals surface area contributed by atoms with Crippen molar-refractivity contribution in [3.8, 4) is 17.5 Å². The minimum absolute atomic E-state index is 0.108. The van der Waals surface area contributed by atoms with Gasteiger partial charge in [0.15, 0.2) is 0 Å². The second-order valence-electron chi connectivity index (χ2n) is 5.55. The standard InChI is InChI=1S/C18H16Cl3F3N2O3/c19-14-9-13(27-8-5-16(20)21)3-4-15(14)28-6-1-2-7-29-17-25-10-12(11-26-17)18(22,23)24/h3-5,9-11H,1-2,6-8H2. The van der Waals surface area contributed by atoms with Crippen LogP contribution in [0.4, 0.5) is 13.2 Å². The number of unbranched alkanes of at least 4 members (excludes halogenated alkanes) is 1. The Morgan fingerprint density at radius 1 is 1.00 bits per heavy atom. The van der Waals surface area contributed by atoms with E-state index in [0.29, 0.717) is 48.4 Å². The van der Waals surface area contributed by atoms with E-state index in [-0.39, 0.29) is 23.7 Å². The summed E-state index contributed by atoms with van der Waals surface area (Å²) in [5, 5.41) is 0.387. The SMILES string of the molecule is FC(F)(F)c1cnc(OCCCCOc2ccc(OCC=C(Cl)Cl)cc2Cl)nc1. The molecule has 0 unspecified atom stereocenters. The van der Waals surface area contributed by atoms with Crippen LogP contribution in [0.5, 0.6) is 17.5 Å². The summed E-state index contributed by atoms with van der Waals surface area (Å²) in [6.45, 7) is 0.829. The molecule has 1 heterocycles. The molecule has 0 radical (unpaired) electrons. The Balaban J connectivity index is 1.67. The highest BCUT2D eigenvalue weighted by Gasteiger charge is 2.31. The van der Waals surface area contributed by atoms with Gasteiger partial charge in [0.05, 0.1) is 23.8 Å². The van der Waals surface area contributed by atoms with E-state index in [0.717, 1.165) is 0 Å². The maximum atomic E-state index is 12.4. The number of benzene rings is 1. The second-order valence-corrected chi connectivity index (χ2v) is 6.97. The summed E-state index contributed by atoms with van der Waals surface area (Å²) in [7, 11) is 0. The number of rotatable bonds is 10. The van der Waals surface area contributed by atoms with Crippen LogP contribution in [0.1, 0.15) is 18.4 Å². The Kier molecular flexibility index (Phi) is 9.13. The molecular weight excluding hydrogens is 456 g/mol. The molecular formula is C18H16Cl3F3N2O3. The normalized spacial score (nSPS) is 11.1. The highest BCUT2D eigenvalue weighted by molar-refractivity contribution is 6.55. The van der Waals surface area contributed by atoms with Crippen LogP contribution in [0.15, 0.2) is 41.2 Å². The van der Waals surface area contributed by atoms with Gasteiger partial charge in [-0.3, -0.25) is 0 Å². The van der Waals surface area contributed by atoms with Gasteiger partial charge in [0.25, 0.3) is 0 Å². The first-order valence-electron chi connectivity index (χ1n) is 8.34. The van der Waals surface area contributed by atoms with E-state index < -0.39 is 11.7 Å². The van der Waals surface area contributed by atoms with Crippen LogP contribution in [0.3, 0.4) is 0 Å². The van der Waals surface area contributed by atoms with Gasteiger partial charge >= 0.3 is 12.2 Å². The van der Waals surface area contributed by atoms with Crippen molar-refractivity contribution in [1.82, 2.24) is 9.97 Å². The molecule has 0 fully saturated rings. The molecule has 0 amide bonds. The first-order valence-corrected chi connectivity index (χ1v) is 9.47. The second kappa shape index (κ2) is 11.3. The zero-order valence-electron chi connectivity index (χ0n) is 14.9. The molecule has 0 aliphatic rings. The third kappa shape index (κ3) is 8.55. The van der Waals surface area contributed by atoms with Gasteiger partial charge in [0, 0.05) is 18.5 Å². The van der Waals surface area contributed by atoms with Gasteiger partial charge in [-0.1, -0.05) is 34.8 Å². The number of aromatic nitrogens is 2. The van der Waals surface area contributed by atoms with Crippen LogP contribution in [-0.2, 0) is 6.18 Å². The van der Waals surface area contributed by atoms with Crippen molar-refractivity contribution in [3.63, 3.8) is 0 Å². The molecule has 5 nitrogen and oxygen atoms in total. The smallest absolute Gasteiger partial charge is 0.419 e. The molecule has 0 aliphatic carbocycles. The van der Waals surface area contributed by atoms with Gasteiger partial charge in [-0.15, -0.1) is 0 Å². The summed E-state index contributed by atoms with van der Waals surface area (Å²) in [5.74, 6) is 1.04. The molecule has 0 atom stereocenters. The summed E-state index contributed by atoms with van der Waals surface area (Å²) in [5.41, 5.74) is -0.925. The van der Waals surface area contributed by atoms with Crippen LogP contribution in [0, 0.1) is 0 Å². The first kappa shape index (κ1) is 23.4. The van der Waals surface area contributed by atoms with Crippen molar-refractivity contribution in [2.45, 2.75) is 19.0 Å². The Morgan fingerprint density at radius 3 is 2.24 bits per heavy atom. The van der Waals surface area contributed by atoms with Crippen LogP contribution >= 0.6 is 34.8 Å². The van der Waals surface area contributed by atoms with Gasteiger partial charge in [0.2, 0.25) is 0 Å². The number of ether oxygens (including phenoxy) is 3. The van der Waals surface area contributed by atoms with E-state index in [2.05, 4.69) is 9.97 Å². The Bertz CT molecular complexity index is 814. The minimum atomic E-state index is -4.48. The molecule has 0 bridgehead atoms. The Labute approximate surface area is 180 Å². The summed E-state index contributed by atoms with van der Waals surface area (Å²) < 4.78 is 53.6. The highest BCUT2D eigenvalue weighted by Crippen LogP contribution is 2.29. The van der Waals surface area contributed by atoms with E-state index in [1.807, 2.05) is 0 Å². The fraction of sp³-hybridized carbons (Fsp3) is 0.333. The largest absolute Gasteiger partial charge is 0.492 e. The Hall–Kier alpha value is -1.90. The van der Waals surface area contributed by atoms with Crippen molar-refractivity contribution >= 4 is 34.8 Å². The summed E-state index contributed by atoms with van der Waals surface area (Å²) >= 11 is 17.1. The lowest BCUT2D eigenvalue weighted by molar-refractivity contribution is -0.138. The fourth-order valence-electron chi connectivity index (χ4n) is 1.98. The third-order valence-electron chi connectivity index (χ3n) is 3.37. The van der Waals surface area contributed by atoms with E-state index >= 15 is 0 Å². The maximum absolute atomic E-state index is 12.4. The average Bonchev–Trinajstić information content (AvgIpc) is 2.65. The minimum Gasteiger partial charge on any atom is -0.492 e. The number of nitrogens with zero attached hydrogens (tertiary/aromatic N) is 2. The van der Waals surface area contributed by atoms with Crippen molar-refractivity contribution < 1.29 is 27.4 Å². The number of hydrogen-bond donors (Lipinski definition) is 0. The van der Waals surface area contributed by atoms with Crippen molar-refractivity contribution in [2.24, 2.45) is 0 Å². The van der Waals surface area contributed by atoms with E-state index in [4.69, 9.17) is 49.0 Å². The molecule has 0 aliphatic heterocycles. The van der Waals surface area contributed by atoms with E-state index in [1.165, 1.54) is 6.08 Å². The van der Waals surface area contributed by atoms with Crippen LogP contribution in [0.25, 0.3) is 0 Å². The van der Waals surface area contributed by atoms with Crippen LogP contribution in [0.2, 0.25) is 5.02 Å². The molecule has 29 heavy (non-hydrogen) atoms. The summed E-state index contributed by atoms with van der Waals surface area (Å²) in [6.07, 6.45) is -0.388. The number of hydrogen-bond acceptors (Lipinski definition) is 5. The van der Waals surface area contributed by atoms with Gasteiger partial charge < -0.3 is 14.2 Å². The molecule has 1 aromatic carbocycles. The highest BCUT2D eigenvalue weighted by atomic mass is 35.5. The molecule has 2 aromatic rings. The van der Waals surface area contributed by atoms with Crippen molar-refractivity contribution in [3.05, 3.63) is 51.7 Å². The number of alkyl halides is 3. The zero-order chi connectivity index (χ0) is 21.3. The molecule has 0 N–H and O–H groups in total. The van der Waals surface area contributed by atoms with Crippen LogP contribution in [-0.4, -0.2) is 29.8 Å². The average molecular weight is 472 g/mol. The quantitative estimate of drug-likeness (QED) is 0.393. The lowest BCUT2D eigenvalue weighted by Crippen LogP contribution is -2.08. The predicted molar refractivity (Wildman–Crippen MR) is 104 cm³/mol. The molecule has 0 spiro atoms. The Morgan fingerprint density at radius 2 is 1.66 bits per heavy atom. The lowest BCUT2D eigenvalue weighted by Gasteiger charge is -2.10. The van der Waals surface area contributed by atoms with E-state index in [9.17, 15) is 13.2 Å². The van der Waals surface area contributed by atoms with Gasteiger partial charge in [-0.25, -0.2) is 9.97 Å². The lowest BCUT2D eigenvalue weighted by atomic mass is 10.3. The van der Waals surface area contributed by atoms with Gasteiger partial charge in [0.1, 0.15) is 22.6 Å². The summed E-state index contributed by atoms with van der Waals surface area (Å²) in [6, 6.07) is 4.87. The number of halogens is 6. The summed E-state index contributed by atoms with van der Waals surface area (Å²) in [4.78, 5) is 7.06. The fourth-order valence-corrected chi connectivity index (χ4v) is 2.33. The van der Waals surface area contributed by atoms with Gasteiger partial charge in [-0.05, 0) is 31.1 Å². The zero-order valence-corrected chi connectivity index (χ0v) is 17.2. The molecule has 1 aromatic heterocycles. The molecule has 2 rings (SSSR count). The van der Waals surface area contributed by atoms with E-state index in [1.54, 1.807) is 18.2 Å². The molecule has 0 saturated carbocycles. The first-order chi connectivity index (χ1) is 13.8. The molecule has 0 saturated heterocycles. The van der Waals surface area contributed by atoms with Gasteiger partial charge in [-0.2, -0.15) is 13.2 Å². The third-order valence-corrected chi connectivity index (χ3v) is 3.98. The molecule has 11 heteroatoms. The topological polar surface area (TPSA) is 53.5 Å².